The molecule has 5 rings (SSSR count). The maximum Gasteiger partial charge on any atom is 0.257 e. The lowest BCUT2D eigenvalue weighted by Gasteiger charge is -2.14. The number of carbonyl (C=O) groups excluding carboxylic acids is 1. The second-order valence-electron chi connectivity index (χ2n) is 8.12. The van der Waals surface area contributed by atoms with Gasteiger partial charge in [0.15, 0.2) is 5.65 Å². The Balaban J connectivity index is 1.38. The van der Waals surface area contributed by atoms with Crippen molar-refractivity contribution in [3.05, 3.63) is 65.7 Å². The number of anilines is 1. The third-order valence-electron chi connectivity index (χ3n) is 5.65. The molecule has 0 bridgehead atoms. The minimum absolute atomic E-state index is 0.0378. The molecule has 10 heteroatoms. The van der Waals surface area contributed by atoms with Gasteiger partial charge in [-0.25, -0.2) is 13.9 Å². The number of nitrogen functional groups attached to an aromatic ring is 1. The number of ether oxygens (including phenoxy) is 2. The van der Waals surface area contributed by atoms with Crippen LogP contribution in [-0.2, 0) is 6.54 Å². The third-order valence-corrected chi connectivity index (χ3v) is 5.65. The minimum atomic E-state index is -0.449. The first-order chi connectivity index (χ1) is 16.5. The maximum absolute atomic E-state index is 14.5. The van der Waals surface area contributed by atoms with Gasteiger partial charge in [-0.15, -0.1) is 5.10 Å². The van der Waals surface area contributed by atoms with Crippen molar-refractivity contribution in [2.75, 3.05) is 19.5 Å². The summed E-state index contributed by atoms with van der Waals surface area (Å²) in [5, 5.41) is 6.82. The summed E-state index contributed by atoms with van der Waals surface area (Å²) in [5.41, 5.74) is 8.19. The SMILES string of the molecule is COc1ncc(-c2ccn3nc(N)nc3c2)cc1C(=O)NCc1c(F)cccc1OCC1CC1. The molecule has 34 heavy (non-hydrogen) atoms. The van der Waals surface area contributed by atoms with Gasteiger partial charge in [-0.3, -0.25) is 4.79 Å². The fraction of sp³-hybridized carbons (Fsp3) is 0.250. The first-order valence-corrected chi connectivity index (χ1v) is 10.9. The molecule has 3 aromatic heterocycles. The number of hydrogen-bond donors (Lipinski definition) is 2. The molecule has 0 unspecified atom stereocenters. The summed E-state index contributed by atoms with van der Waals surface area (Å²) >= 11 is 0. The smallest absolute Gasteiger partial charge is 0.257 e. The van der Waals surface area contributed by atoms with Gasteiger partial charge in [-0.05, 0) is 54.7 Å². The number of nitrogens with one attached hydrogen (secondary N) is 1. The van der Waals surface area contributed by atoms with Gasteiger partial charge in [0.05, 0.1) is 13.7 Å². The number of carbonyl (C=O) groups is 1. The van der Waals surface area contributed by atoms with Crippen LogP contribution in [0.4, 0.5) is 10.3 Å². The van der Waals surface area contributed by atoms with E-state index in [1.165, 1.54) is 13.2 Å². The van der Waals surface area contributed by atoms with Crippen LogP contribution in [0.3, 0.4) is 0 Å². The highest BCUT2D eigenvalue weighted by Crippen LogP contribution is 2.31. The summed E-state index contributed by atoms with van der Waals surface area (Å²) in [6, 6.07) is 9.93. The van der Waals surface area contributed by atoms with E-state index < -0.39 is 11.7 Å². The van der Waals surface area contributed by atoms with Crippen molar-refractivity contribution < 1.29 is 18.7 Å². The van der Waals surface area contributed by atoms with Crippen LogP contribution in [0, 0.1) is 11.7 Å². The van der Waals surface area contributed by atoms with Gasteiger partial charge < -0.3 is 20.5 Å². The first-order valence-electron chi connectivity index (χ1n) is 10.9. The van der Waals surface area contributed by atoms with E-state index in [1.54, 1.807) is 41.2 Å². The molecule has 4 aromatic rings. The number of hydrogen-bond acceptors (Lipinski definition) is 7. The van der Waals surface area contributed by atoms with E-state index in [-0.39, 0.29) is 23.9 Å². The average molecular weight is 462 g/mol. The fourth-order valence-corrected chi connectivity index (χ4v) is 3.62. The first kappa shape index (κ1) is 21.6. The van der Waals surface area contributed by atoms with Crippen molar-refractivity contribution in [1.82, 2.24) is 24.9 Å². The maximum atomic E-state index is 14.5. The minimum Gasteiger partial charge on any atom is -0.493 e. The molecule has 3 N–H and O–H groups in total. The zero-order chi connectivity index (χ0) is 23.7. The van der Waals surface area contributed by atoms with E-state index in [1.807, 2.05) is 6.07 Å². The molecule has 174 valence electrons. The van der Waals surface area contributed by atoms with Crippen molar-refractivity contribution in [3.8, 4) is 22.8 Å². The number of nitrogens with two attached hydrogens (primary N) is 1. The Kier molecular flexibility index (Phi) is 5.70. The van der Waals surface area contributed by atoms with Gasteiger partial charge >= 0.3 is 0 Å². The van der Waals surface area contributed by atoms with E-state index in [4.69, 9.17) is 15.2 Å². The summed E-state index contributed by atoms with van der Waals surface area (Å²) in [5.74, 6) is 0.402. The van der Waals surface area contributed by atoms with Crippen molar-refractivity contribution in [3.63, 3.8) is 0 Å². The van der Waals surface area contributed by atoms with Crippen molar-refractivity contribution in [2.45, 2.75) is 19.4 Å². The van der Waals surface area contributed by atoms with Gasteiger partial charge in [0.25, 0.3) is 5.91 Å². The van der Waals surface area contributed by atoms with Crippen molar-refractivity contribution in [2.24, 2.45) is 5.92 Å². The summed E-state index contributed by atoms with van der Waals surface area (Å²) in [4.78, 5) is 21.5. The Hall–Kier alpha value is -4.21. The standard InChI is InChI=1S/C24H23FN6O3/c1-33-23-17(9-16(11-28-23)15-7-8-31-21(10-15)29-24(26)30-31)22(32)27-12-18-19(25)3-2-4-20(18)34-13-14-5-6-14/h2-4,7-11,14H,5-6,12-13H2,1H3,(H2,26,30)(H,27,32). The molecule has 9 nitrogen and oxygen atoms in total. The van der Waals surface area contributed by atoms with Crippen LogP contribution in [0.2, 0.25) is 0 Å². The van der Waals surface area contributed by atoms with Crippen LogP contribution >= 0.6 is 0 Å². The number of fused-ring (bicyclic) bond motifs is 1. The molecule has 1 aliphatic carbocycles. The van der Waals surface area contributed by atoms with Crippen molar-refractivity contribution in [1.29, 1.82) is 0 Å². The second kappa shape index (κ2) is 8.97. The number of pyridine rings is 2. The lowest BCUT2D eigenvalue weighted by molar-refractivity contribution is 0.0946. The van der Waals surface area contributed by atoms with E-state index in [9.17, 15) is 9.18 Å². The van der Waals surface area contributed by atoms with Crippen LogP contribution in [0.1, 0.15) is 28.8 Å². The van der Waals surface area contributed by atoms with Gasteiger partial charge in [0, 0.05) is 30.1 Å². The van der Waals surface area contributed by atoms with Gasteiger partial charge in [0.2, 0.25) is 11.8 Å². The molecular weight excluding hydrogens is 439 g/mol. The molecule has 0 atom stereocenters. The molecule has 0 radical (unpaired) electrons. The molecule has 1 fully saturated rings. The molecule has 0 spiro atoms. The summed E-state index contributed by atoms with van der Waals surface area (Å²) in [7, 11) is 1.44. The Morgan fingerprint density at radius 3 is 2.91 bits per heavy atom. The highest BCUT2D eigenvalue weighted by molar-refractivity contribution is 5.97. The van der Waals surface area contributed by atoms with Crippen LogP contribution < -0.4 is 20.5 Å². The normalized spacial score (nSPS) is 13.1. The van der Waals surface area contributed by atoms with Crippen LogP contribution in [0.25, 0.3) is 16.8 Å². The number of benzene rings is 1. The summed E-state index contributed by atoms with van der Waals surface area (Å²) < 4.78 is 27.1. The molecule has 1 aromatic carbocycles. The molecule has 1 amide bonds. The molecule has 1 aliphatic rings. The van der Waals surface area contributed by atoms with E-state index in [2.05, 4.69) is 20.4 Å². The number of methoxy groups -OCH3 is 1. The molecule has 3 heterocycles. The lowest BCUT2D eigenvalue weighted by atomic mass is 10.1. The Morgan fingerprint density at radius 2 is 2.12 bits per heavy atom. The van der Waals surface area contributed by atoms with Crippen LogP contribution in [0.15, 0.2) is 48.8 Å². The molecule has 0 aliphatic heterocycles. The Bertz CT molecular complexity index is 1370. The topological polar surface area (TPSA) is 117 Å². The van der Waals surface area contributed by atoms with Gasteiger partial charge in [0.1, 0.15) is 17.1 Å². The highest BCUT2D eigenvalue weighted by Gasteiger charge is 2.23. The van der Waals surface area contributed by atoms with Crippen LogP contribution in [0.5, 0.6) is 11.6 Å². The second-order valence-corrected chi connectivity index (χ2v) is 8.12. The summed E-state index contributed by atoms with van der Waals surface area (Å²) in [6.07, 6.45) is 5.57. The van der Waals surface area contributed by atoms with E-state index in [0.29, 0.717) is 35.0 Å². The highest BCUT2D eigenvalue weighted by atomic mass is 19.1. The number of nitrogens with zero attached hydrogens (tertiary/aromatic N) is 4. The average Bonchev–Trinajstić information content (AvgIpc) is 3.60. The lowest BCUT2D eigenvalue weighted by Crippen LogP contribution is -2.24. The van der Waals surface area contributed by atoms with E-state index in [0.717, 1.165) is 18.4 Å². The largest absolute Gasteiger partial charge is 0.493 e. The van der Waals surface area contributed by atoms with E-state index >= 15 is 0 Å². The number of aromatic nitrogens is 4. The quantitative estimate of drug-likeness (QED) is 0.413. The monoisotopic (exact) mass is 462 g/mol. The molecular formula is C24H23FN6O3. The molecule has 0 saturated heterocycles. The predicted molar refractivity (Wildman–Crippen MR) is 123 cm³/mol. The number of halogens is 1. The zero-order valence-corrected chi connectivity index (χ0v) is 18.5. The third kappa shape index (κ3) is 4.47. The van der Waals surface area contributed by atoms with Crippen LogP contribution in [-0.4, -0.2) is 39.2 Å². The predicted octanol–water partition coefficient (Wildman–Crippen LogP) is 3.24. The Morgan fingerprint density at radius 1 is 1.26 bits per heavy atom. The van der Waals surface area contributed by atoms with Gasteiger partial charge in [-0.1, -0.05) is 6.07 Å². The Labute approximate surface area is 194 Å². The number of amides is 1. The van der Waals surface area contributed by atoms with Gasteiger partial charge in [-0.2, -0.15) is 4.98 Å². The summed E-state index contributed by atoms with van der Waals surface area (Å²) in [6.45, 7) is 0.510. The van der Waals surface area contributed by atoms with Crippen molar-refractivity contribution >= 4 is 17.5 Å². The fourth-order valence-electron chi connectivity index (χ4n) is 3.62. The molecule has 1 saturated carbocycles. The zero-order valence-electron chi connectivity index (χ0n) is 18.5. The number of rotatable bonds is 8.